The van der Waals surface area contributed by atoms with Gasteiger partial charge >= 0.3 is 0 Å². The van der Waals surface area contributed by atoms with Gasteiger partial charge in [-0.2, -0.15) is 0 Å². The van der Waals surface area contributed by atoms with E-state index in [-0.39, 0.29) is 0 Å². The summed E-state index contributed by atoms with van der Waals surface area (Å²) in [6.07, 6.45) is 10.4. The van der Waals surface area contributed by atoms with Crippen molar-refractivity contribution in [3.63, 3.8) is 0 Å². The monoisotopic (exact) mass is 236 g/mol. The van der Waals surface area contributed by atoms with E-state index >= 15 is 0 Å². The minimum absolute atomic E-state index is 0.840. The zero-order chi connectivity index (χ0) is 11.7. The van der Waals surface area contributed by atoms with Crippen molar-refractivity contribution < 1.29 is 0 Å². The summed E-state index contributed by atoms with van der Waals surface area (Å²) in [5, 5.41) is 3.63. The SMILES string of the molecule is CC1CNCC(N2CCCC2C2CCCC2)C1. The molecular weight excluding hydrogens is 208 g/mol. The van der Waals surface area contributed by atoms with E-state index in [2.05, 4.69) is 17.1 Å². The van der Waals surface area contributed by atoms with E-state index in [1.54, 1.807) is 0 Å². The fraction of sp³-hybridized carbons (Fsp3) is 1.00. The van der Waals surface area contributed by atoms with Crippen LogP contribution in [0.4, 0.5) is 0 Å². The van der Waals surface area contributed by atoms with Crippen molar-refractivity contribution in [2.75, 3.05) is 19.6 Å². The van der Waals surface area contributed by atoms with Crippen LogP contribution in [-0.2, 0) is 0 Å². The smallest absolute Gasteiger partial charge is 0.0226 e. The number of rotatable bonds is 2. The Balaban J connectivity index is 1.64. The van der Waals surface area contributed by atoms with Crippen molar-refractivity contribution in [3.8, 4) is 0 Å². The number of nitrogens with zero attached hydrogens (tertiary/aromatic N) is 1. The molecule has 17 heavy (non-hydrogen) atoms. The molecule has 0 aromatic rings. The van der Waals surface area contributed by atoms with Crippen molar-refractivity contribution in [1.29, 1.82) is 0 Å². The van der Waals surface area contributed by atoms with E-state index in [1.165, 1.54) is 64.6 Å². The molecule has 2 heterocycles. The second-order valence-corrected chi connectivity index (χ2v) is 6.64. The van der Waals surface area contributed by atoms with Crippen LogP contribution >= 0.6 is 0 Å². The Labute approximate surface area is 106 Å². The third kappa shape index (κ3) is 2.53. The fourth-order valence-corrected chi connectivity index (χ4v) is 4.50. The van der Waals surface area contributed by atoms with Crippen LogP contribution in [0, 0.1) is 11.8 Å². The highest BCUT2D eigenvalue weighted by atomic mass is 15.2. The molecule has 0 amide bonds. The first-order valence-electron chi connectivity index (χ1n) is 7.81. The van der Waals surface area contributed by atoms with Crippen LogP contribution in [0.15, 0.2) is 0 Å². The molecule has 0 spiro atoms. The Kier molecular flexibility index (Phi) is 3.72. The van der Waals surface area contributed by atoms with E-state index in [0.29, 0.717) is 0 Å². The summed E-state index contributed by atoms with van der Waals surface area (Å²) in [7, 11) is 0. The van der Waals surface area contributed by atoms with E-state index in [1.807, 2.05) is 0 Å². The number of hydrogen-bond donors (Lipinski definition) is 1. The van der Waals surface area contributed by atoms with Crippen molar-refractivity contribution in [1.82, 2.24) is 10.2 Å². The summed E-state index contributed by atoms with van der Waals surface area (Å²) in [4.78, 5) is 2.89. The van der Waals surface area contributed by atoms with Crippen molar-refractivity contribution >= 4 is 0 Å². The summed E-state index contributed by atoms with van der Waals surface area (Å²) in [6, 6.07) is 1.78. The molecule has 2 aliphatic heterocycles. The van der Waals surface area contributed by atoms with Gasteiger partial charge in [0, 0.05) is 18.6 Å². The Hall–Kier alpha value is -0.0800. The molecule has 0 bridgehead atoms. The summed E-state index contributed by atoms with van der Waals surface area (Å²) >= 11 is 0. The highest BCUT2D eigenvalue weighted by Crippen LogP contribution is 2.37. The molecule has 1 saturated carbocycles. The number of likely N-dealkylation sites (tertiary alicyclic amines) is 1. The first-order valence-corrected chi connectivity index (χ1v) is 7.81. The maximum absolute atomic E-state index is 3.63. The Bertz CT molecular complexity index is 247. The Morgan fingerprint density at radius 3 is 2.59 bits per heavy atom. The minimum Gasteiger partial charge on any atom is -0.315 e. The quantitative estimate of drug-likeness (QED) is 0.793. The van der Waals surface area contributed by atoms with Gasteiger partial charge in [-0.3, -0.25) is 4.90 Å². The lowest BCUT2D eigenvalue weighted by atomic mass is 9.91. The molecule has 3 rings (SSSR count). The maximum atomic E-state index is 3.63. The largest absolute Gasteiger partial charge is 0.315 e. The van der Waals surface area contributed by atoms with Crippen LogP contribution in [0.3, 0.4) is 0 Å². The summed E-state index contributed by atoms with van der Waals surface area (Å²) in [6.45, 7) is 6.26. The molecule has 0 aromatic heterocycles. The highest BCUT2D eigenvalue weighted by molar-refractivity contribution is 4.93. The number of hydrogen-bond acceptors (Lipinski definition) is 2. The third-order valence-corrected chi connectivity index (χ3v) is 5.30. The number of nitrogens with one attached hydrogen (secondary N) is 1. The van der Waals surface area contributed by atoms with Crippen LogP contribution in [0.2, 0.25) is 0 Å². The molecule has 0 aromatic carbocycles. The average molecular weight is 236 g/mol. The zero-order valence-corrected chi connectivity index (χ0v) is 11.3. The van der Waals surface area contributed by atoms with Gasteiger partial charge in [0.15, 0.2) is 0 Å². The number of piperidine rings is 1. The van der Waals surface area contributed by atoms with E-state index < -0.39 is 0 Å². The molecule has 0 radical (unpaired) electrons. The van der Waals surface area contributed by atoms with Gasteiger partial charge in [0.25, 0.3) is 0 Å². The van der Waals surface area contributed by atoms with Crippen molar-refractivity contribution in [3.05, 3.63) is 0 Å². The second kappa shape index (κ2) is 5.27. The lowest BCUT2D eigenvalue weighted by Gasteiger charge is -2.40. The minimum atomic E-state index is 0.840. The normalized spacial score (nSPS) is 41.1. The van der Waals surface area contributed by atoms with E-state index in [0.717, 1.165) is 23.9 Å². The molecule has 1 N–H and O–H groups in total. The molecule has 3 fully saturated rings. The van der Waals surface area contributed by atoms with E-state index in [4.69, 9.17) is 0 Å². The topological polar surface area (TPSA) is 15.3 Å². The van der Waals surface area contributed by atoms with Crippen LogP contribution in [0.1, 0.15) is 51.9 Å². The molecule has 3 aliphatic rings. The molecule has 98 valence electrons. The lowest BCUT2D eigenvalue weighted by molar-refractivity contribution is 0.102. The molecular formula is C15H28N2. The Morgan fingerprint density at radius 2 is 1.82 bits per heavy atom. The Morgan fingerprint density at radius 1 is 1.00 bits per heavy atom. The summed E-state index contributed by atoms with van der Waals surface area (Å²) in [5.41, 5.74) is 0. The van der Waals surface area contributed by atoms with Crippen LogP contribution in [0.25, 0.3) is 0 Å². The van der Waals surface area contributed by atoms with Crippen molar-refractivity contribution in [2.24, 2.45) is 11.8 Å². The van der Waals surface area contributed by atoms with Gasteiger partial charge in [-0.25, -0.2) is 0 Å². The molecule has 2 saturated heterocycles. The van der Waals surface area contributed by atoms with Crippen LogP contribution < -0.4 is 5.32 Å². The third-order valence-electron chi connectivity index (χ3n) is 5.30. The van der Waals surface area contributed by atoms with Gasteiger partial charge in [-0.1, -0.05) is 19.8 Å². The zero-order valence-electron chi connectivity index (χ0n) is 11.3. The standard InChI is InChI=1S/C15H28N2/c1-12-9-14(11-16-10-12)17-8-4-7-15(17)13-5-2-3-6-13/h12-16H,2-11H2,1H3. The van der Waals surface area contributed by atoms with Crippen molar-refractivity contribution in [2.45, 2.75) is 64.0 Å². The van der Waals surface area contributed by atoms with E-state index in [9.17, 15) is 0 Å². The van der Waals surface area contributed by atoms with Crippen LogP contribution in [-0.4, -0.2) is 36.6 Å². The van der Waals surface area contributed by atoms with Gasteiger partial charge in [-0.05, 0) is 57.0 Å². The molecule has 3 atom stereocenters. The van der Waals surface area contributed by atoms with Gasteiger partial charge in [-0.15, -0.1) is 0 Å². The predicted molar refractivity (Wildman–Crippen MR) is 72.1 cm³/mol. The summed E-state index contributed by atoms with van der Waals surface area (Å²) in [5.74, 6) is 1.91. The van der Waals surface area contributed by atoms with Gasteiger partial charge in [0.2, 0.25) is 0 Å². The first kappa shape index (κ1) is 12.0. The van der Waals surface area contributed by atoms with Gasteiger partial charge in [0.1, 0.15) is 0 Å². The first-order chi connectivity index (χ1) is 8.34. The molecule has 2 nitrogen and oxygen atoms in total. The molecule has 3 unspecified atom stereocenters. The maximum Gasteiger partial charge on any atom is 0.0226 e. The summed E-state index contributed by atoms with van der Waals surface area (Å²) < 4.78 is 0. The lowest BCUT2D eigenvalue weighted by Crippen LogP contribution is -2.51. The molecule has 1 aliphatic carbocycles. The average Bonchev–Trinajstić information content (AvgIpc) is 3.00. The van der Waals surface area contributed by atoms with Gasteiger partial charge < -0.3 is 5.32 Å². The second-order valence-electron chi connectivity index (χ2n) is 6.64. The molecule has 2 heteroatoms. The highest BCUT2D eigenvalue weighted by Gasteiger charge is 2.37. The predicted octanol–water partition coefficient (Wildman–Crippen LogP) is 2.64. The van der Waals surface area contributed by atoms with Gasteiger partial charge in [0.05, 0.1) is 0 Å². The van der Waals surface area contributed by atoms with Crippen LogP contribution in [0.5, 0.6) is 0 Å². The fourth-order valence-electron chi connectivity index (χ4n) is 4.50.